The Bertz CT molecular complexity index is 786. The summed E-state index contributed by atoms with van der Waals surface area (Å²) in [5.41, 5.74) is 2.28. The predicted molar refractivity (Wildman–Crippen MR) is 85.3 cm³/mol. The zero-order chi connectivity index (χ0) is 16.2. The fourth-order valence-corrected chi connectivity index (χ4v) is 2.13. The second-order valence-corrected chi connectivity index (χ2v) is 5.51. The van der Waals surface area contributed by atoms with E-state index >= 15 is 0 Å². The number of nitrogens with zero attached hydrogens (tertiary/aromatic N) is 3. The van der Waals surface area contributed by atoms with Crippen molar-refractivity contribution in [1.82, 2.24) is 15.1 Å². The van der Waals surface area contributed by atoms with Crippen LogP contribution in [0.5, 0.6) is 0 Å². The second-order valence-electron chi connectivity index (χ2n) is 5.51. The minimum Gasteiger partial charge on any atom is -0.334 e. The number of nitrogens with one attached hydrogen (secondary N) is 1. The fraction of sp³-hybridized carbons (Fsp3) is 0.235. The molecule has 23 heavy (non-hydrogen) atoms. The molecular formula is C17H17FN4O. The summed E-state index contributed by atoms with van der Waals surface area (Å²) < 4.78 is 19.3. The summed E-state index contributed by atoms with van der Waals surface area (Å²) in [4.78, 5) is 8.16. The van der Waals surface area contributed by atoms with E-state index in [4.69, 9.17) is 4.52 Å². The summed E-state index contributed by atoms with van der Waals surface area (Å²) in [7, 11) is 0. The molecule has 0 bridgehead atoms. The molecule has 118 valence electrons. The molecule has 3 rings (SSSR count). The summed E-state index contributed by atoms with van der Waals surface area (Å²) in [6, 6.07) is 9.13. The first-order valence-corrected chi connectivity index (χ1v) is 7.40. The Morgan fingerprint density at radius 2 is 1.91 bits per heavy atom. The number of aromatic nitrogens is 3. The van der Waals surface area contributed by atoms with Gasteiger partial charge < -0.3 is 9.84 Å². The Balaban J connectivity index is 1.71. The number of hydrogen-bond donors (Lipinski definition) is 1. The third kappa shape index (κ3) is 3.53. The molecule has 0 saturated carbocycles. The molecule has 0 spiro atoms. The summed E-state index contributed by atoms with van der Waals surface area (Å²) >= 11 is 0. The van der Waals surface area contributed by atoms with Gasteiger partial charge in [-0.25, -0.2) is 4.39 Å². The molecule has 0 saturated heterocycles. The van der Waals surface area contributed by atoms with Crippen molar-refractivity contribution < 1.29 is 8.91 Å². The quantitative estimate of drug-likeness (QED) is 0.771. The highest BCUT2D eigenvalue weighted by Gasteiger charge is 2.10. The van der Waals surface area contributed by atoms with Crippen molar-refractivity contribution in [2.24, 2.45) is 0 Å². The van der Waals surface area contributed by atoms with Gasteiger partial charge in [-0.2, -0.15) is 4.98 Å². The van der Waals surface area contributed by atoms with E-state index in [1.165, 1.54) is 6.07 Å². The minimum atomic E-state index is -0.282. The summed E-state index contributed by atoms with van der Waals surface area (Å²) in [6.45, 7) is 4.24. The van der Waals surface area contributed by atoms with Crippen LogP contribution in [0, 0.1) is 5.82 Å². The van der Waals surface area contributed by atoms with E-state index in [1.807, 2.05) is 32.0 Å². The first-order valence-electron chi connectivity index (χ1n) is 7.40. The molecule has 1 N–H and O–H groups in total. The first-order chi connectivity index (χ1) is 11.1. The molecule has 0 unspecified atom stereocenters. The number of benzene rings is 1. The molecule has 2 aromatic heterocycles. The van der Waals surface area contributed by atoms with E-state index in [0.717, 1.165) is 11.1 Å². The van der Waals surface area contributed by atoms with Crippen LogP contribution in [-0.4, -0.2) is 15.1 Å². The van der Waals surface area contributed by atoms with Crippen LogP contribution in [0.15, 0.2) is 47.2 Å². The van der Waals surface area contributed by atoms with Crippen molar-refractivity contribution >= 4 is 6.01 Å². The monoisotopic (exact) mass is 312 g/mol. The van der Waals surface area contributed by atoms with Gasteiger partial charge in [-0.3, -0.25) is 4.98 Å². The molecule has 0 aliphatic carbocycles. The Kier molecular flexibility index (Phi) is 4.32. The highest BCUT2D eigenvalue weighted by Crippen LogP contribution is 2.22. The molecule has 3 aromatic rings. The fourth-order valence-electron chi connectivity index (χ4n) is 2.13. The smallest absolute Gasteiger partial charge is 0.321 e. The maximum Gasteiger partial charge on any atom is 0.321 e. The van der Waals surface area contributed by atoms with Gasteiger partial charge in [-0.15, -0.1) is 0 Å². The van der Waals surface area contributed by atoms with Crippen LogP contribution in [0.25, 0.3) is 11.1 Å². The average Bonchev–Trinajstić information content (AvgIpc) is 3.04. The van der Waals surface area contributed by atoms with E-state index in [-0.39, 0.29) is 18.3 Å². The Labute approximate surface area is 133 Å². The van der Waals surface area contributed by atoms with Gasteiger partial charge in [0.25, 0.3) is 0 Å². The van der Waals surface area contributed by atoms with Crippen LogP contribution in [-0.2, 0) is 6.54 Å². The van der Waals surface area contributed by atoms with Crippen LogP contribution in [0.4, 0.5) is 10.4 Å². The first kappa shape index (κ1) is 15.1. The lowest BCUT2D eigenvalue weighted by Gasteiger charge is -2.06. The van der Waals surface area contributed by atoms with Crippen LogP contribution in [0.2, 0.25) is 0 Å². The van der Waals surface area contributed by atoms with Gasteiger partial charge in [-0.05, 0) is 29.3 Å². The lowest BCUT2D eigenvalue weighted by molar-refractivity contribution is 0.419. The summed E-state index contributed by atoms with van der Waals surface area (Å²) in [6.07, 6.45) is 3.37. The molecule has 1 aromatic carbocycles. The van der Waals surface area contributed by atoms with Crippen LogP contribution in [0.3, 0.4) is 0 Å². The molecule has 2 heterocycles. The molecule has 0 aliphatic rings. The Hall–Kier alpha value is -2.76. The lowest BCUT2D eigenvalue weighted by Crippen LogP contribution is -2.02. The summed E-state index contributed by atoms with van der Waals surface area (Å²) in [5, 5.41) is 6.80. The van der Waals surface area contributed by atoms with Crippen LogP contribution >= 0.6 is 0 Å². The number of rotatable bonds is 5. The van der Waals surface area contributed by atoms with Gasteiger partial charge in [0.2, 0.25) is 0 Å². The van der Waals surface area contributed by atoms with Crippen molar-refractivity contribution in [3.05, 3.63) is 59.9 Å². The zero-order valence-electron chi connectivity index (χ0n) is 13.0. The highest BCUT2D eigenvalue weighted by molar-refractivity contribution is 5.63. The van der Waals surface area contributed by atoms with Crippen LogP contribution < -0.4 is 5.32 Å². The van der Waals surface area contributed by atoms with E-state index in [1.54, 1.807) is 18.5 Å². The Morgan fingerprint density at radius 1 is 1.13 bits per heavy atom. The maximum absolute atomic E-state index is 14.2. The van der Waals surface area contributed by atoms with E-state index in [9.17, 15) is 4.39 Å². The molecular weight excluding hydrogens is 295 g/mol. The molecule has 0 amide bonds. The van der Waals surface area contributed by atoms with Gasteiger partial charge in [0, 0.05) is 30.4 Å². The standard InChI is InChI=1S/C17H17FN4O/c1-11(2)16-21-17(23-22-16)20-10-14-4-3-13(9-15(14)18)12-5-7-19-8-6-12/h3-9,11H,10H2,1-2H3,(H,20,21,22). The maximum atomic E-state index is 14.2. The van der Waals surface area contributed by atoms with Crippen molar-refractivity contribution in [2.75, 3.05) is 5.32 Å². The normalized spacial score (nSPS) is 11.0. The molecule has 0 atom stereocenters. The SMILES string of the molecule is CC(C)c1noc(NCc2ccc(-c3ccncc3)cc2F)n1. The number of anilines is 1. The number of hydrogen-bond acceptors (Lipinski definition) is 5. The third-order valence-corrected chi connectivity index (χ3v) is 3.45. The predicted octanol–water partition coefficient (Wildman–Crippen LogP) is 4.01. The van der Waals surface area contributed by atoms with Gasteiger partial charge in [0.1, 0.15) is 5.82 Å². The largest absolute Gasteiger partial charge is 0.334 e. The van der Waals surface area contributed by atoms with Gasteiger partial charge >= 0.3 is 6.01 Å². The molecule has 0 fully saturated rings. The van der Waals surface area contributed by atoms with Crippen LogP contribution in [0.1, 0.15) is 31.2 Å². The number of halogens is 1. The van der Waals surface area contributed by atoms with E-state index in [2.05, 4.69) is 20.4 Å². The molecule has 0 radical (unpaired) electrons. The highest BCUT2D eigenvalue weighted by atomic mass is 19.1. The molecule has 6 heteroatoms. The summed E-state index contributed by atoms with van der Waals surface area (Å²) in [5.74, 6) is 0.530. The minimum absolute atomic E-state index is 0.186. The van der Waals surface area contributed by atoms with E-state index < -0.39 is 0 Å². The van der Waals surface area contributed by atoms with E-state index in [0.29, 0.717) is 17.4 Å². The second kappa shape index (κ2) is 6.56. The average molecular weight is 312 g/mol. The molecule has 0 aliphatic heterocycles. The Morgan fingerprint density at radius 3 is 2.57 bits per heavy atom. The molecule has 5 nitrogen and oxygen atoms in total. The van der Waals surface area contributed by atoms with Crippen molar-refractivity contribution in [3.63, 3.8) is 0 Å². The number of pyridine rings is 1. The zero-order valence-corrected chi connectivity index (χ0v) is 13.0. The lowest BCUT2D eigenvalue weighted by atomic mass is 10.0. The van der Waals surface area contributed by atoms with Gasteiger partial charge in [-0.1, -0.05) is 31.1 Å². The van der Waals surface area contributed by atoms with Crippen molar-refractivity contribution in [2.45, 2.75) is 26.3 Å². The van der Waals surface area contributed by atoms with Crippen molar-refractivity contribution in [1.29, 1.82) is 0 Å². The third-order valence-electron chi connectivity index (χ3n) is 3.45. The van der Waals surface area contributed by atoms with Crippen molar-refractivity contribution in [3.8, 4) is 11.1 Å². The van der Waals surface area contributed by atoms with Gasteiger partial charge in [0.15, 0.2) is 5.82 Å². The topological polar surface area (TPSA) is 63.8 Å². The van der Waals surface area contributed by atoms with Gasteiger partial charge in [0.05, 0.1) is 0 Å².